The molecule has 0 radical (unpaired) electrons. The van der Waals surface area contributed by atoms with Crippen molar-refractivity contribution < 1.29 is 9.59 Å². The number of hydrogen-bond donors (Lipinski definition) is 2. The first-order chi connectivity index (χ1) is 15.5. The summed E-state index contributed by atoms with van der Waals surface area (Å²) in [4.78, 5) is 33.9. The second-order valence-corrected chi connectivity index (χ2v) is 8.58. The SMILES string of the molecule is CN1CCN(c2ccc(NC(=O)C(=O)Nc3ccc(N4CCN(C)CC4)cc3)cc2)CC1. The fraction of sp³-hybridized carbons (Fsp3) is 0.417. The number of piperazine rings is 2. The van der Waals surface area contributed by atoms with E-state index < -0.39 is 11.8 Å². The highest BCUT2D eigenvalue weighted by Gasteiger charge is 2.17. The molecule has 0 unspecified atom stereocenters. The minimum Gasteiger partial charge on any atom is -0.369 e. The van der Waals surface area contributed by atoms with Gasteiger partial charge < -0.3 is 30.2 Å². The maximum absolute atomic E-state index is 12.3. The monoisotopic (exact) mass is 436 g/mol. The molecule has 4 rings (SSSR count). The predicted molar refractivity (Wildman–Crippen MR) is 130 cm³/mol. The van der Waals surface area contributed by atoms with Gasteiger partial charge in [0.15, 0.2) is 0 Å². The van der Waals surface area contributed by atoms with Crippen molar-refractivity contribution in [3.8, 4) is 0 Å². The summed E-state index contributed by atoms with van der Waals surface area (Å²) in [6.07, 6.45) is 0. The molecule has 0 atom stereocenters. The summed E-state index contributed by atoms with van der Waals surface area (Å²) < 4.78 is 0. The normalized spacial score (nSPS) is 17.8. The highest BCUT2D eigenvalue weighted by Crippen LogP contribution is 2.21. The Kier molecular flexibility index (Phi) is 6.92. The first-order valence-corrected chi connectivity index (χ1v) is 11.2. The van der Waals surface area contributed by atoms with E-state index in [0.717, 1.165) is 63.7 Å². The van der Waals surface area contributed by atoms with Gasteiger partial charge in [-0.2, -0.15) is 0 Å². The van der Waals surface area contributed by atoms with Crippen LogP contribution in [0.1, 0.15) is 0 Å². The third-order valence-electron chi connectivity index (χ3n) is 6.19. The lowest BCUT2D eigenvalue weighted by atomic mass is 10.2. The molecule has 2 amide bonds. The van der Waals surface area contributed by atoms with E-state index in [0.29, 0.717) is 11.4 Å². The molecule has 0 aliphatic carbocycles. The van der Waals surface area contributed by atoms with Crippen LogP contribution in [0.5, 0.6) is 0 Å². The van der Waals surface area contributed by atoms with Gasteiger partial charge >= 0.3 is 11.8 Å². The number of hydrogen-bond acceptors (Lipinski definition) is 6. The van der Waals surface area contributed by atoms with E-state index in [2.05, 4.69) is 44.3 Å². The molecular weight excluding hydrogens is 404 g/mol. The molecule has 32 heavy (non-hydrogen) atoms. The van der Waals surface area contributed by atoms with Gasteiger partial charge in [-0.25, -0.2) is 0 Å². The predicted octanol–water partition coefficient (Wildman–Crippen LogP) is 1.77. The van der Waals surface area contributed by atoms with Crippen LogP contribution in [-0.4, -0.2) is 88.1 Å². The van der Waals surface area contributed by atoms with Crippen molar-refractivity contribution >= 4 is 34.6 Å². The number of nitrogens with one attached hydrogen (secondary N) is 2. The summed E-state index contributed by atoms with van der Waals surface area (Å²) in [5.74, 6) is -1.36. The van der Waals surface area contributed by atoms with E-state index in [-0.39, 0.29) is 0 Å². The van der Waals surface area contributed by atoms with Crippen LogP contribution in [0, 0.1) is 0 Å². The van der Waals surface area contributed by atoms with E-state index >= 15 is 0 Å². The Morgan fingerprint density at radius 3 is 1.19 bits per heavy atom. The van der Waals surface area contributed by atoms with E-state index in [4.69, 9.17) is 0 Å². The Hall–Kier alpha value is -3.10. The van der Waals surface area contributed by atoms with Crippen molar-refractivity contribution in [3.63, 3.8) is 0 Å². The van der Waals surface area contributed by atoms with Crippen LogP contribution in [0.15, 0.2) is 48.5 Å². The number of rotatable bonds is 4. The zero-order valence-electron chi connectivity index (χ0n) is 18.9. The molecule has 0 saturated carbocycles. The molecule has 2 aliphatic rings. The molecule has 2 aliphatic heterocycles. The number of likely N-dealkylation sites (N-methyl/N-ethyl adjacent to an activating group) is 2. The Bertz CT molecular complexity index is 837. The summed E-state index contributed by atoms with van der Waals surface area (Å²) in [6.45, 7) is 8.08. The third kappa shape index (κ3) is 5.57. The minimum absolute atomic E-state index is 0.605. The lowest BCUT2D eigenvalue weighted by Gasteiger charge is -2.34. The fourth-order valence-electron chi connectivity index (χ4n) is 4.02. The molecule has 2 fully saturated rings. The fourth-order valence-corrected chi connectivity index (χ4v) is 4.02. The average molecular weight is 437 g/mol. The van der Waals surface area contributed by atoms with Gasteiger partial charge in [0.05, 0.1) is 0 Å². The number of benzene rings is 2. The van der Waals surface area contributed by atoms with Crippen molar-refractivity contribution in [2.45, 2.75) is 0 Å². The number of carbonyl (C=O) groups excluding carboxylic acids is 2. The first kappa shape index (κ1) is 22.1. The summed E-state index contributed by atoms with van der Waals surface area (Å²) in [6, 6.07) is 15.3. The van der Waals surface area contributed by atoms with E-state index in [1.165, 1.54) is 0 Å². The van der Waals surface area contributed by atoms with E-state index in [9.17, 15) is 9.59 Å². The van der Waals surface area contributed by atoms with Crippen molar-refractivity contribution in [1.82, 2.24) is 9.80 Å². The molecule has 170 valence electrons. The van der Waals surface area contributed by atoms with Crippen molar-refractivity contribution in [1.29, 1.82) is 0 Å². The standard InChI is InChI=1S/C24H32N6O2/c1-27-11-15-29(16-12-27)21-7-3-19(4-8-21)25-23(31)24(32)26-20-5-9-22(10-6-20)30-17-13-28(2)14-18-30/h3-10H,11-18H2,1-2H3,(H,25,31)(H,26,32). The molecule has 8 heteroatoms. The second kappa shape index (κ2) is 10.0. The topological polar surface area (TPSA) is 71.2 Å². The molecular formula is C24H32N6O2. The maximum Gasteiger partial charge on any atom is 0.314 e. The summed E-state index contributed by atoms with van der Waals surface area (Å²) in [5.41, 5.74) is 3.46. The average Bonchev–Trinajstić information content (AvgIpc) is 2.81. The first-order valence-electron chi connectivity index (χ1n) is 11.2. The molecule has 2 N–H and O–H groups in total. The van der Waals surface area contributed by atoms with Gasteiger partial charge in [-0.1, -0.05) is 0 Å². The zero-order valence-corrected chi connectivity index (χ0v) is 18.9. The summed E-state index contributed by atoms with van der Waals surface area (Å²) in [7, 11) is 4.26. The van der Waals surface area contributed by atoms with Crippen LogP contribution in [0.4, 0.5) is 22.7 Å². The zero-order chi connectivity index (χ0) is 22.5. The molecule has 0 spiro atoms. The van der Waals surface area contributed by atoms with Gasteiger partial charge in [0.1, 0.15) is 0 Å². The Balaban J connectivity index is 1.28. The van der Waals surface area contributed by atoms with Crippen LogP contribution < -0.4 is 20.4 Å². The number of amides is 2. The van der Waals surface area contributed by atoms with Gasteiger partial charge in [0, 0.05) is 75.1 Å². The van der Waals surface area contributed by atoms with Gasteiger partial charge in [-0.15, -0.1) is 0 Å². The van der Waals surface area contributed by atoms with Crippen LogP contribution >= 0.6 is 0 Å². The lowest BCUT2D eigenvalue weighted by Crippen LogP contribution is -2.44. The molecule has 2 aromatic carbocycles. The maximum atomic E-state index is 12.3. The summed E-state index contributed by atoms with van der Waals surface area (Å²) in [5, 5.41) is 5.35. The van der Waals surface area contributed by atoms with Crippen LogP contribution in [0.3, 0.4) is 0 Å². The van der Waals surface area contributed by atoms with E-state index in [1.807, 2.05) is 48.5 Å². The van der Waals surface area contributed by atoms with Gasteiger partial charge in [0.25, 0.3) is 0 Å². The second-order valence-electron chi connectivity index (χ2n) is 8.58. The molecule has 2 heterocycles. The van der Waals surface area contributed by atoms with Crippen LogP contribution in [-0.2, 0) is 9.59 Å². The smallest absolute Gasteiger partial charge is 0.314 e. The van der Waals surface area contributed by atoms with Gasteiger partial charge in [-0.3, -0.25) is 9.59 Å². The molecule has 2 aromatic rings. The number of anilines is 4. The van der Waals surface area contributed by atoms with E-state index in [1.54, 1.807) is 0 Å². The molecule has 8 nitrogen and oxygen atoms in total. The van der Waals surface area contributed by atoms with Crippen LogP contribution in [0.25, 0.3) is 0 Å². The lowest BCUT2D eigenvalue weighted by molar-refractivity contribution is -0.132. The Labute approximate surface area is 189 Å². The van der Waals surface area contributed by atoms with Crippen molar-refractivity contribution in [2.24, 2.45) is 0 Å². The molecule has 0 aromatic heterocycles. The third-order valence-corrected chi connectivity index (χ3v) is 6.19. The highest BCUT2D eigenvalue weighted by molar-refractivity contribution is 6.43. The molecule has 0 bridgehead atoms. The van der Waals surface area contributed by atoms with Crippen molar-refractivity contribution in [2.75, 3.05) is 86.9 Å². The van der Waals surface area contributed by atoms with Crippen LogP contribution in [0.2, 0.25) is 0 Å². The number of nitrogens with zero attached hydrogens (tertiary/aromatic N) is 4. The Morgan fingerprint density at radius 2 is 0.875 bits per heavy atom. The Morgan fingerprint density at radius 1 is 0.562 bits per heavy atom. The largest absolute Gasteiger partial charge is 0.369 e. The summed E-state index contributed by atoms with van der Waals surface area (Å²) >= 11 is 0. The van der Waals surface area contributed by atoms with Crippen molar-refractivity contribution in [3.05, 3.63) is 48.5 Å². The highest BCUT2D eigenvalue weighted by atomic mass is 16.2. The minimum atomic E-state index is -0.680. The quantitative estimate of drug-likeness (QED) is 0.712. The van der Waals surface area contributed by atoms with Gasteiger partial charge in [-0.05, 0) is 62.6 Å². The molecule has 2 saturated heterocycles. The van der Waals surface area contributed by atoms with Gasteiger partial charge in [0.2, 0.25) is 0 Å². The number of carbonyl (C=O) groups is 2.